The highest BCUT2D eigenvalue weighted by molar-refractivity contribution is 6.67. The van der Waals surface area contributed by atoms with Gasteiger partial charge in [-0.25, -0.2) is 8.78 Å². The van der Waals surface area contributed by atoms with Crippen molar-refractivity contribution < 1.29 is 13.6 Å². The lowest BCUT2D eigenvalue weighted by atomic mass is 10.0. The van der Waals surface area contributed by atoms with Crippen molar-refractivity contribution in [3.8, 4) is 11.1 Å². The molecule has 17 heavy (non-hydrogen) atoms. The minimum atomic E-state index is -0.874. The zero-order valence-electron chi connectivity index (χ0n) is 8.58. The molecule has 4 heteroatoms. The Bertz CT molecular complexity index is 581. The number of carbonyl (C=O) groups excluding carboxylic acids is 1. The Morgan fingerprint density at radius 2 is 1.71 bits per heavy atom. The van der Waals surface area contributed by atoms with E-state index in [9.17, 15) is 13.6 Å². The molecule has 86 valence electrons. The summed E-state index contributed by atoms with van der Waals surface area (Å²) >= 11 is 5.25. The summed E-state index contributed by atoms with van der Waals surface area (Å²) in [6.45, 7) is 0. The van der Waals surface area contributed by atoms with Gasteiger partial charge in [-0.15, -0.1) is 0 Å². The van der Waals surface area contributed by atoms with E-state index in [4.69, 9.17) is 11.6 Å². The number of rotatable bonds is 2. The molecule has 0 aromatic heterocycles. The van der Waals surface area contributed by atoms with Gasteiger partial charge < -0.3 is 0 Å². The van der Waals surface area contributed by atoms with Gasteiger partial charge in [0.1, 0.15) is 11.6 Å². The molecule has 0 bridgehead atoms. The maximum Gasteiger partial charge on any atom is 0.255 e. The van der Waals surface area contributed by atoms with E-state index in [1.807, 2.05) is 0 Å². The van der Waals surface area contributed by atoms with Crippen LogP contribution in [0.15, 0.2) is 42.5 Å². The largest absolute Gasteiger partial charge is 0.275 e. The molecular formula is C13H7ClF2O. The van der Waals surface area contributed by atoms with Gasteiger partial charge in [-0.2, -0.15) is 0 Å². The molecule has 0 aliphatic rings. The Balaban J connectivity index is 2.54. The first-order valence-electron chi connectivity index (χ1n) is 4.83. The summed E-state index contributed by atoms with van der Waals surface area (Å²) in [7, 11) is 0. The van der Waals surface area contributed by atoms with E-state index in [0.29, 0.717) is 11.1 Å². The van der Waals surface area contributed by atoms with Crippen molar-refractivity contribution in [1.82, 2.24) is 0 Å². The van der Waals surface area contributed by atoms with Crippen LogP contribution in [-0.4, -0.2) is 5.24 Å². The summed E-state index contributed by atoms with van der Waals surface area (Å²) in [5.74, 6) is -1.09. The van der Waals surface area contributed by atoms with E-state index in [2.05, 4.69) is 0 Å². The molecule has 0 unspecified atom stereocenters. The Kier molecular flexibility index (Phi) is 3.20. The molecule has 0 aliphatic heterocycles. The summed E-state index contributed by atoms with van der Waals surface area (Å²) in [4.78, 5) is 11.0. The second kappa shape index (κ2) is 4.63. The molecule has 0 spiro atoms. The van der Waals surface area contributed by atoms with Gasteiger partial charge in [0, 0.05) is 0 Å². The predicted molar refractivity (Wildman–Crippen MR) is 62.0 cm³/mol. The van der Waals surface area contributed by atoms with E-state index < -0.39 is 16.9 Å². The van der Waals surface area contributed by atoms with Crippen LogP contribution < -0.4 is 0 Å². The second-order valence-electron chi connectivity index (χ2n) is 3.48. The first-order chi connectivity index (χ1) is 8.08. The highest BCUT2D eigenvalue weighted by atomic mass is 35.5. The fourth-order valence-corrected chi connectivity index (χ4v) is 1.67. The third-order valence-electron chi connectivity index (χ3n) is 2.34. The summed E-state index contributed by atoms with van der Waals surface area (Å²) in [6, 6.07) is 9.72. The molecule has 2 aromatic rings. The van der Waals surface area contributed by atoms with Gasteiger partial charge in [0.2, 0.25) is 0 Å². The second-order valence-corrected chi connectivity index (χ2v) is 3.82. The van der Waals surface area contributed by atoms with Gasteiger partial charge in [-0.05, 0) is 47.0 Å². The van der Waals surface area contributed by atoms with Gasteiger partial charge >= 0.3 is 0 Å². The minimum absolute atomic E-state index is 0.214. The van der Waals surface area contributed by atoms with Crippen LogP contribution in [0.3, 0.4) is 0 Å². The van der Waals surface area contributed by atoms with E-state index in [1.54, 1.807) is 6.07 Å². The number of benzene rings is 2. The van der Waals surface area contributed by atoms with Gasteiger partial charge in [0.15, 0.2) is 0 Å². The Labute approximate surface area is 102 Å². The summed E-state index contributed by atoms with van der Waals surface area (Å²) in [5.41, 5.74) is 0.882. The fourth-order valence-electron chi connectivity index (χ4n) is 1.52. The van der Waals surface area contributed by atoms with E-state index in [1.165, 1.54) is 30.3 Å². The zero-order chi connectivity index (χ0) is 12.4. The average molecular weight is 253 g/mol. The topological polar surface area (TPSA) is 17.1 Å². The lowest BCUT2D eigenvalue weighted by molar-refractivity contribution is 0.107. The van der Waals surface area contributed by atoms with Crippen molar-refractivity contribution in [3.05, 3.63) is 59.7 Å². The van der Waals surface area contributed by atoms with E-state index in [0.717, 1.165) is 6.07 Å². The van der Waals surface area contributed by atoms with Crippen LogP contribution in [0.5, 0.6) is 0 Å². The molecule has 0 saturated heterocycles. The van der Waals surface area contributed by atoms with Gasteiger partial charge in [0.25, 0.3) is 5.24 Å². The molecule has 1 nitrogen and oxygen atoms in total. The standard InChI is InChI=1S/C13H7ClF2O/c14-13(17)11-7-9(4-5-12(11)16)8-2-1-3-10(15)6-8/h1-7H. The number of carbonyl (C=O) groups is 1. The van der Waals surface area contributed by atoms with Crippen molar-refractivity contribution in [2.45, 2.75) is 0 Å². The first-order valence-corrected chi connectivity index (χ1v) is 5.21. The summed E-state index contributed by atoms with van der Waals surface area (Å²) in [6.07, 6.45) is 0. The van der Waals surface area contributed by atoms with Crippen LogP contribution in [0.25, 0.3) is 11.1 Å². The summed E-state index contributed by atoms with van der Waals surface area (Å²) < 4.78 is 26.3. The number of hydrogen-bond donors (Lipinski definition) is 0. The van der Waals surface area contributed by atoms with Crippen molar-refractivity contribution in [3.63, 3.8) is 0 Å². The van der Waals surface area contributed by atoms with Crippen molar-refractivity contribution in [2.75, 3.05) is 0 Å². The molecule has 0 amide bonds. The molecule has 0 fully saturated rings. The Morgan fingerprint density at radius 3 is 2.35 bits per heavy atom. The number of halogens is 3. The molecule has 2 aromatic carbocycles. The lowest BCUT2D eigenvalue weighted by Crippen LogP contribution is -1.95. The third-order valence-corrected chi connectivity index (χ3v) is 2.54. The quantitative estimate of drug-likeness (QED) is 0.738. The Morgan fingerprint density at radius 1 is 1.00 bits per heavy atom. The normalized spacial score (nSPS) is 10.3. The van der Waals surface area contributed by atoms with E-state index in [-0.39, 0.29) is 5.56 Å². The molecular weight excluding hydrogens is 246 g/mol. The third kappa shape index (κ3) is 2.50. The molecule has 0 saturated carbocycles. The van der Waals surface area contributed by atoms with Crippen LogP contribution in [0, 0.1) is 11.6 Å². The molecule has 2 rings (SSSR count). The monoisotopic (exact) mass is 252 g/mol. The zero-order valence-corrected chi connectivity index (χ0v) is 9.34. The van der Waals surface area contributed by atoms with Crippen LogP contribution >= 0.6 is 11.6 Å². The van der Waals surface area contributed by atoms with Crippen LogP contribution in [0.4, 0.5) is 8.78 Å². The fraction of sp³-hybridized carbons (Fsp3) is 0. The average Bonchev–Trinajstić information content (AvgIpc) is 2.29. The van der Waals surface area contributed by atoms with Crippen molar-refractivity contribution >= 4 is 16.8 Å². The molecule has 0 N–H and O–H groups in total. The Hall–Kier alpha value is -1.74. The predicted octanol–water partition coefficient (Wildman–Crippen LogP) is 4.01. The SMILES string of the molecule is O=C(Cl)c1cc(-c2cccc(F)c2)ccc1F. The van der Waals surface area contributed by atoms with Crippen LogP contribution in [0.1, 0.15) is 10.4 Å². The van der Waals surface area contributed by atoms with Crippen molar-refractivity contribution in [1.29, 1.82) is 0 Å². The first kappa shape index (κ1) is 11.7. The van der Waals surface area contributed by atoms with Gasteiger partial charge in [-0.1, -0.05) is 18.2 Å². The van der Waals surface area contributed by atoms with E-state index >= 15 is 0 Å². The minimum Gasteiger partial charge on any atom is -0.275 e. The van der Waals surface area contributed by atoms with Crippen LogP contribution in [0.2, 0.25) is 0 Å². The van der Waals surface area contributed by atoms with Gasteiger partial charge in [-0.3, -0.25) is 4.79 Å². The van der Waals surface area contributed by atoms with Crippen LogP contribution in [-0.2, 0) is 0 Å². The van der Waals surface area contributed by atoms with Crippen molar-refractivity contribution in [2.24, 2.45) is 0 Å². The molecule has 0 radical (unpaired) electrons. The van der Waals surface area contributed by atoms with Gasteiger partial charge in [0.05, 0.1) is 5.56 Å². The highest BCUT2D eigenvalue weighted by Gasteiger charge is 2.10. The smallest absolute Gasteiger partial charge is 0.255 e. The number of hydrogen-bond acceptors (Lipinski definition) is 1. The molecule has 0 aliphatic carbocycles. The lowest BCUT2D eigenvalue weighted by Gasteiger charge is -2.04. The summed E-state index contributed by atoms with van der Waals surface area (Å²) in [5, 5.41) is -0.874. The maximum atomic E-state index is 13.2. The molecule has 0 heterocycles. The molecule has 0 atom stereocenters. The highest BCUT2D eigenvalue weighted by Crippen LogP contribution is 2.23. The maximum absolute atomic E-state index is 13.2.